The number of halogens is 2. The third-order valence-electron chi connectivity index (χ3n) is 13.0. The Balaban J connectivity index is 0.000000154. The molecule has 3 N–H and O–H groups in total. The van der Waals surface area contributed by atoms with Gasteiger partial charge in [0.2, 0.25) is 16.6 Å². The molecule has 6 aromatic heterocycles. The highest BCUT2D eigenvalue weighted by Gasteiger charge is 2.29. The number of nitrogen functional groups attached to an aromatic ring is 1. The number of hydrogen-bond acceptors (Lipinski definition) is 19. The predicted octanol–water partition coefficient (Wildman–Crippen LogP) is 9.46. The smallest absolute Gasteiger partial charge is 0.360 e. The molecule has 0 bridgehead atoms. The van der Waals surface area contributed by atoms with Crippen LogP contribution >= 0.6 is 0 Å². The number of benzene rings is 4. The Kier molecular flexibility index (Phi) is 16.3. The number of anilines is 1. The van der Waals surface area contributed by atoms with Gasteiger partial charge < -0.3 is 39.3 Å². The Bertz CT molecular complexity index is 4160. The van der Waals surface area contributed by atoms with Gasteiger partial charge in [-0.15, -0.1) is 0 Å². The number of nitrogens with zero attached hydrogens (tertiary/aromatic N) is 10. The number of carbonyl (C=O) groups is 2. The van der Waals surface area contributed by atoms with E-state index < -0.39 is 39.9 Å². The minimum Gasteiger partial charge on any atom is -0.493 e. The molecule has 22 nitrogen and oxygen atoms in total. The van der Waals surface area contributed by atoms with Crippen molar-refractivity contribution in [2.75, 3.05) is 34.2 Å². The molecule has 4 aromatic carbocycles. The summed E-state index contributed by atoms with van der Waals surface area (Å²) >= 11 is 0. The Morgan fingerprint density at radius 2 is 0.952 bits per heavy atom. The maximum Gasteiger partial charge on any atom is 0.360 e. The van der Waals surface area contributed by atoms with Crippen LogP contribution in [0, 0.1) is 11.6 Å². The van der Waals surface area contributed by atoms with Crippen molar-refractivity contribution in [2.45, 2.75) is 44.2 Å². The number of ether oxygens (including phenoxy) is 6. The van der Waals surface area contributed by atoms with Crippen molar-refractivity contribution in [3.8, 4) is 68.8 Å². The van der Waals surface area contributed by atoms with Crippen molar-refractivity contribution < 1.29 is 51.9 Å². The zero-order chi connectivity index (χ0) is 58.3. The molecular weight excluding hydrogens is 1080 g/mol. The van der Waals surface area contributed by atoms with Gasteiger partial charge in [-0.1, -0.05) is 24.3 Å². The van der Waals surface area contributed by atoms with E-state index in [4.69, 9.17) is 39.3 Å². The van der Waals surface area contributed by atoms with Crippen molar-refractivity contribution in [3.63, 3.8) is 0 Å². The molecule has 0 spiro atoms. The van der Waals surface area contributed by atoms with E-state index in [0.29, 0.717) is 78.9 Å². The summed E-state index contributed by atoms with van der Waals surface area (Å²) < 4.78 is 62.5. The van der Waals surface area contributed by atoms with Gasteiger partial charge in [-0.3, -0.25) is 33.7 Å². The second kappa shape index (κ2) is 24.3. The van der Waals surface area contributed by atoms with Crippen LogP contribution in [0.1, 0.15) is 64.3 Å². The van der Waals surface area contributed by atoms with Crippen LogP contribution in [0.4, 0.5) is 14.5 Å². The van der Waals surface area contributed by atoms with Gasteiger partial charge in [0.1, 0.15) is 23.1 Å². The lowest BCUT2D eigenvalue weighted by Gasteiger charge is -2.11. The maximum absolute atomic E-state index is 13.5. The lowest BCUT2D eigenvalue weighted by atomic mass is 10.0. The molecule has 420 valence electrons. The van der Waals surface area contributed by atoms with Crippen molar-refractivity contribution in [1.29, 1.82) is 0 Å². The number of rotatable bonds is 16. The van der Waals surface area contributed by atoms with Gasteiger partial charge in [-0.25, -0.2) is 33.5 Å². The van der Waals surface area contributed by atoms with Crippen molar-refractivity contribution in [2.24, 2.45) is 0 Å². The molecule has 12 rings (SSSR count). The number of hydrogen-bond donors (Lipinski definition) is 2. The fourth-order valence-electron chi connectivity index (χ4n) is 8.47. The topological polar surface area (TPSA) is 283 Å². The van der Waals surface area contributed by atoms with Gasteiger partial charge >= 0.3 is 18.0 Å². The Labute approximate surface area is 469 Å². The number of nitrogens with two attached hydrogens (primary N) is 1. The van der Waals surface area contributed by atoms with Crippen LogP contribution in [0.3, 0.4) is 0 Å². The highest BCUT2D eigenvalue weighted by atomic mass is 19.1. The molecule has 2 saturated carbocycles. The molecule has 24 heteroatoms. The quantitative estimate of drug-likeness (QED) is 0.0851. The molecule has 10 aromatic rings. The minimum absolute atomic E-state index is 0.0657. The fraction of sp³-hybridized carbons (Fsp3) is 0.186. The van der Waals surface area contributed by atoms with Crippen LogP contribution < -0.4 is 45.0 Å². The van der Waals surface area contributed by atoms with E-state index >= 15 is 0 Å². The zero-order valence-corrected chi connectivity index (χ0v) is 44.7. The van der Waals surface area contributed by atoms with E-state index in [9.17, 15) is 28.0 Å². The lowest BCUT2D eigenvalue weighted by molar-refractivity contribution is 0.0685. The first-order valence-corrected chi connectivity index (χ1v) is 25.5. The molecule has 0 radical (unpaired) electrons. The summed E-state index contributed by atoms with van der Waals surface area (Å²) in [6.07, 6.45) is 15.8. The first-order chi connectivity index (χ1) is 40.2. The lowest BCUT2D eigenvalue weighted by Crippen LogP contribution is -2.24. The molecule has 0 atom stereocenters. The molecule has 0 saturated heterocycles. The van der Waals surface area contributed by atoms with Crippen LogP contribution in [0.15, 0.2) is 144 Å². The van der Waals surface area contributed by atoms with Crippen LogP contribution in [0.5, 0.6) is 46.5 Å². The number of fused-ring (bicyclic) bond motifs is 2. The number of aromatic carboxylic acids is 1. The number of methoxy groups -OCH3 is 4. The third kappa shape index (κ3) is 12.8. The average Bonchev–Trinajstić information content (AvgIpc) is 4.62. The predicted molar refractivity (Wildman–Crippen MR) is 298 cm³/mol. The number of carboxylic acid groups (broad SMARTS) is 1. The Morgan fingerprint density at radius 1 is 0.554 bits per heavy atom. The highest BCUT2D eigenvalue weighted by Crippen LogP contribution is 2.39. The number of carbonyl (C=O) groups excluding carboxylic acids is 1. The van der Waals surface area contributed by atoms with E-state index in [1.54, 1.807) is 94.3 Å². The molecule has 2 aliphatic rings. The minimum atomic E-state index is -1.35. The van der Waals surface area contributed by atoms with Gasteiger partial charge in [0.15, 0.2) is 34.5 Å². The summed E-state index contributed by atoms with van der Waals surface area (Å²) in [6, 6.07) is 22.0. The molecule has 83 heavy (non-hydrogen) atoms. The second-order valence-corrected chi connectivity index (χ2v) is 18.7. The molecular formula is C59H49F2N11O11. The summed E-state index contributed by atoms with van der Waals surface area (Å²) in [5, 5.41) is 18.7. The van der Waals surface area contributed by atoms with Crippen LogP contribution in [0.2, 0.25) is 0 Å². The number of aromatic nitrogens is 10. The number of pyridine rings is 2. The molecule has 0 unspecified atom stereocenters. The van der Waals surface area contributed by atoms with E-state index in [-0.39, 0.29) is 41.8 Å². The Hall–Kier alpha value is -10.8. The van der Waals surface area contributed by atoms with Crippen molar-refractivity contribution in [1.82, 2.24) is 49.5 Å². The number of Topliss-reactive ketones (excluding diaryl/α,β-unsaturated/α-hetero) is 1. The Morgan fingerprint density at radius 3 is 1.36 bits per heavy atom. The number of ketones is 1. The molecule has 0 amide bonds. The van der Waals surface area contributed by atoms with Gasteiger partial charge in [0.25, 0.3) is 0 Å². The third-order valence-corrected chi connectivity index (χ3v) is 13.0. The molecule has 6 heterocycles. The van der Waals surface area contributed by atoms with Crippen LogP contribution in [-0.4, -0.2) is 94.8 Å². The van der Waals surface area contributed by atoms with Crippen LogP contribution in [0.25, 0.3) is 44.1 Å². The maximum atomic E-state index is 13.5. The molecule has 0 aliphatic heterocycles. The van der Waals surface area contributed by atoms with Gasteiger partial charge in [-0.05, 0) is 90.9 Å². The SMILES string of the molecule is COc1cc2nccc(Oc3ncc(CC(=O)c4nn(C5CC5)cc(-c5ccc(F)cc5)c4=O)cn3)c2cc1OC.COc1cc2nccc(Oc3ncc(N)cn3)c2cc1OC.O=C(O)c1nn(C2CC2)cc(-c2ccc(F)cc2)c1=O. The average molecular weight is 1130 g/mol. The first-order valence-electron chi connectivity index (χ1n) is 25.5. The standard InChI is InChI=1S/C30H24FN5O5.C15H14N4O3.C14H11FN2O3/c1-39-26-12-21-23(13-27(26)40-2)32-10-9-25(21)41-30-33-14-17(15-34-30)11-24(37)28-29(38)22(16-36(35-28)20-7-8-20)18-3-5-19(31)6-4-18;1-20-13-5-10-11(6-14(13)21-2)17-4-3-12(10)22-15-18-7-9(16)8-19-15;15-9-3-1-8(2-4-9)11-7-17(10-5-6-10)16-12(13(11)18)14(19)20/h3-6,9-10,12-16,20H,7-8,11H2,1-2H3;3-8H,16H2,1-2H3;1-4,7,10H,5-6H2,(H,19,20). The van der Waals surface area contributed by atoms with Gasteiger partial charge in [-0.2, -0.15) is 10.2 Å². The summed E-state index contributed by atoms with van der Waals surface area (Å²) in [5.74, 6) is 0.629. The normalized spacial score (nSPS) is 12.5. The summed E-state index contributed by atoms with van der Waals surface area (Å²) in [5.41, 5.74) is 7.56. The zero-order valence-electron chi connectivity index (χ0n) is 44.7. The van der Waals surface area contributed by atoms with E-state index in [0.717, 1.165) is 31.1 Å². The highest BCUT2D eigenvalue weighted by molar-refractivity contribution is 5.96. The molecule has 2 fully saturated rings. The first kappa shape index (κ1) is 55.5. The monoisotopic (exact) mass is 1130 g/mol. The van der Waals surface area contributed by atoms with E-state index in [1.807, 2.05) is 0 Å². The molecule has 2 aliphatic carbocycles. The van der Waals surface area contributed by atoms with E-state index in [2.05, 4.69) is 40.1 Å². The number of carboxylic acids is 1. The van der Waals surface area contributed by atoms with Crippen molar-refractivity contribution in [3.05, 3.63) is 184 Å². The largest absolute Gasteiger partial charge is 0.493 e. The van der Waals surface area contributed by atoms with Crippen LogP contribution in [-0.2, 0) is 6.42 Å². The van der Waals surface area contributed by atoms with Gasteiger partial charge in [0, 0.05) is 77.6 Å². The summed E-state index contributed by atoms with van der Waals surface area (Å²) in [7, 11) is 6.24. The fourth-order valence-corrected chi connectivity index (χ4v) is 8.47. The van der Waals surface area contributed by atoms with Crippen molar-refractivity contribution >= 4 is 39.2 Å². The second-order valence-electron chi connectivity index (χ2n) is 18.7. The summed E-state index contributed by atoms with van der Waals surface area (Å²) in [6.45, 7) is 0. The summed E-state index contributed by atoms with van der Waals surface area (Å²) in [4.78, 5) is 75.0. The van der Waals surface area contributed by atoms with Gasteiger partial charge in [0.05, 0.1) is 69.6 Å². The van der Waals surface area contributed by atoms with E-state index in [1.165, 1.54) is 78.0 Å².